The van der Waals surface area contributed by atoms with E-state index in [1.54, 1.807) is 6.20 Å². The number of aromatic nitrogens is 3. The molecular formula is C10H15ClN4. The molecule has 1 aliphatic carbocycles. The Morgan fingerprint density at radius 1 is 1.40 bits per heavy atom. The number of rotatable bonds is 2. The predicted molar refractivity (Wildman–Crippen MR) is 59.9 cm³/mol. The van der Waals surface area contributed by atoms with Crippen molar-refractivity contribution in [3.8, 4) is 0 Å². The number of halogens is 1. The highest BCUT2D eigenvalue weighted by Gasteiger charge is 2.21. The summed E-state index contributed by atoms with van der Waals surface area (Å²) >= 11 is 5.67. The van der Waals surface area contributed by atoms with Gasteiger partial charge in [0.1, 0.15) is 5.82 Å². The highest BCUT2D eigenvalue weighted by atomic mass is 35.5. The molecule has 5 heteroatoms. The van der Waals surface area contributed by atoms with Gasteiger partial charge >= 0.3 is 0 Å². The molecule has 0 saturated heterocycles. The lowest BCUT2D eigenvalue weighted by Gasteiger charge is -2.29. The van der Waals surface area contributed by atoms with Gasteiger partial charge in [0.05, 0.1) is 6.20 Å². The Morgan fingerprint density at radius 2 is 2.20 bits per heavy atom. The first kappa shape index (κ1) is 10.6. The van der Waals surface area contributed by atoms with Crippen molar-refractivity contribution in [2.75, 3.05) is 5.32 Å². The molecular weight excluding hydrogens is 212 g/mol. The van der Waals surface area contributed by atoms with Crippen LogP contribution in [0, 0.1) is 5.92 Å². The molecule has 15 heavy (non-hydrogen) atoms. The predicted octanol–water partition coefficient (Wildman–Crippen LogP) is 2.52. The molecule has 0 spiro atoms. The van der Waals surface area contributed by atoms with Crippen LogP contribution in [-0.4, -0.2) is 21.2 Å². The summed E-state index contributed by atoms with van der Waals surface area (Å²) in [5.41, 5.74) is 0. The maximum atomic E-state index is 5.67. The fourth-order valence-electron chi connectivity index (χ4n) is 2.07. The zero-order valence-corrected chi connectivity index (χ0v) is 9.54. The van der Waals surface area contributed by atoms with Crippen molar-refractivity contribution in [2.24, 2.45) is 5.92 Å². The minimum atomic E-state index is 0.198. The van der Waals surface area contributed by atoms with Crippen LogP contribution < -0.4 is 5.32 Å². The zero-order valence-electron chi connectivity index (χ0n) is 8.78. The fourth-order valence-corrected chi connectivity index (χ4v) is 2.21. The Balaban J connectivity index is 2.01. The number of nitrogens with zero attached hydrogens (tertiary/aromatic N) is 3. The summed E-state index contributed by atoms with van der Waals surface area (Å²) < 4.78 is 0. The van der Waals surface area contributed by atoms with Crippen molar-refractivity contribution in [3.63, 3.8) is 0 Å². The van der Waals surface area contributed by atoms with Gasteiger partial charge in [0, 0.05) is 6.04 Å². The van der Waals surface area contributed by atoms with Crippen LogP contribution in [0.4, 0.5) is 5.82 Å². The molecule has 2 atom stereocenters. The molecule has 1 aromatic heterocycles. The van der Waals surface area contributed by atoms with Gasteiger partial charge in [-0.15, -0.1) is 5.10 Å². The monoisotopic (exact) mass is 226 g/mol. The van der Waals surface area contributed by atoms with Gasteiger partial charge < -0.3 is 5.32 Å². The molecule has 0 bridgehead atoms. The van der Waals surface area contributed by atoms with Crippen molar-refractivity contribution < 1.29 is 0 Å². The SMILES string of the molecule is CC1CCCCC1Nc1cnnc(Cl)n1. The molecule has 1 fully saturated rings. The Labute approximate surface area is 94.5 Å². The maximum absolute atomic E-state index is 5.67. The molecule has 4 nitrogen and oxygen atoms in total. The minimum Gasteiger partial charge on any atom is -0.366 e. The molecule has 2 unspecified atom stereocenters. The maximum Gasteiger partial charge on any atom is 0.244 e. The molecule has 82 valence electrons. The first-order chi connectivity index (χ1) is 7.25. The van der Waals surface area contributed by atoms with Crippen LogP contribution in [-0.2, 0) is 0 Å². The summed E-state index contributed by atoms with van der Waals surface area (Å²) in [5.74, 6) is 1.42. The van der Waals surface area contributed by atoms with Crippen molar-refractivity contribution in [2.45, 2.75) is 38.6 Å². The molecule has 1 saturated carbocycles. The summed E-state index contributed by atoms with van der Waals surface area (Å²) in [7, 11) is 0. The zero-order chi connectivity index (χ0) is 10.7. The molecule has 0 aromatic carbocycles. The van der Waals surface area contributed by atoms with Gasteiger partial charge in [0.2, 0.25) is 5.28 Å². The molecule has 1 aliphatic rings. The van der Waals surface area contributed by atoms with Crippen LogP contribution in [0.15, 0.2) is 6.20 Å². The van der Waals surface area contributed by atoms with Crippen LogP contribution >= 0.6 is 11.6 Å². The summed E-state index contributed by atoms with van der Waals surface area (Å²) in [6.45, 7) is 2.27. The number of hydrogen-bond acceptors (Lipinski definition) is 4. The van der Waals surface area contributed by atoms with Crippen LogP contribution in [0.1, 0.15) is 32.6 Å². The van der Waals surface area contributed by atoms with Gasteiger partial charge in [-0.05, 0) is 30.4 Å². The Kier molecular flexibility index (Phi) is 3.36. The number of hydrogen-bond donors (Lipinski definition) is 1. The normalized spacial score (nSPS) is 26.3. The van der Waals surface area contributed by atoms with Gasteiger partial charge in [0.15, 0.2) is 0 Å². The van der Waals surface area contributed by atoms with E-state index in [2.05, 4.69) is 27.4 Å². The lowest BCUT2D eigenvalue weighted by Crippen LogP contribution is -2.30. The number of anilines is 1. The first-order valence-electron chi connectivity index (χ1n) is 5.37. The summed E-state index contributed by atoms with van der Waals surface area (Å²) in [6, 6.07) is 0.492. The van der Waals surface area contributed by atoms with E-state index in [4.69, 9.17) is 11.6 Å². The fraction of sp³-hybridized carbons (Fsp3) is 0.700. The van der Waals surface area contributed by atoms with Crippen LogP contribution in [0.5, 0.6) is 0 Å². The van der Waals surface area contributed by atoms with Gasteiger partial charge in [-0.2, -0.15) is 10.1 Å². The molecule has 0 amide bonds. The average molecular weight is 227 g/mol. The minimum absolute atomic E-state index is 0.198. The van der Waals surface area contributed by atoms with Crippen LogP contribution in [0.2, 0.25) is 5.28 Å². The second-order valence-electron chi connectivity index (χ2n) is 4.12. The highest BCUT2D eigenvalue weighted by molar-refractivity contribution is 6.28. The molecule has 1 N–H and O–H groups in total. The van der Waals surface area contributed by atoms with E-state index in [1.165, 1.54) is 25.7 Å². The highest BCUT2D eigenvalue weighted by Crippen LogP contribution is 2.26. The molecule has 0 aliphatic heterocycles. The second-order valence-corrected chi connectivity index (χ2v) is 4.46. The van der Waals surface area contributed by atoms with E-state index in [1.807, 2.05) is 0 Å². The number of nitrogens with one attached hydrogen (secondary N) is 1. The van der Waals surface area contributed by atoms with Gasteiger partial charge in [0.25, 0.3) is 0 Å². The molecule has 2 rings (SSSR count). The van der Waals surface area contributed by atoms with Crippen LogP contribution in [0.25, 0.3) is 0 Å². The van der Waals surface area contributed by atoms with Crippen molar-refractivity contribution in [3.05, 3.63) is 11.5 Å². The van der Waals surface area contributed by atoms with E-state index in [0.717, 1.165) is 5.82 Å². The van der Waals surface area contributed by atoms with E-state index in [9.17, 15) is 0 Å². The standard InChI is InChI=1S/C10H15ClN4/c1-7-4-2-3-5-8(7)13-9-6-12-15-10(11)14-9/h6-8H,2-5H2,1H3,(H,13,14,15). The van der Waals surface area contributed by atoms with Gasteiger partial charge in [-0.3, -0.25) is 0 Å². The van der Waals surface area contributed by atoms with Gasteiger partial charge in [-0.25, -0.2) is 0 Å². The third kappa shape index (κ3) is 2.78. The third-order valence-corrected chi connectivity index (χ3v) is 3.14. The topological polar surface area (TPSA) is 50.7 Å². The summed E-state index contributed by atoms with van der Waals surface area (Å²) in [6.07, 6.45) is 6.72. The summed E-state index contributed by atoms with van der Waals surface area (Å²) in [5, 5.41) is 11.0. The molecule has 1 heterocycles. The smallest absolute Gasteiger partial charge is 0.244 e. The van der Waals surface area contributed by atoms with Crippen molar-refractivity contribution >= 4 is 17.4 Å². The molecule has 0 radical (unpaired) electrons. The Morgan fingerprint density at radius 3 is 2.93 bits per heavy atom. The van der Waals surface area contributed by atoms with Crippen molar-refractivity contribution in [1.82, 2.24) is 15.2 Å². The second kappa shape index (κ2) is 4.75. The lowest BCUT2D eigenvalue weighted by atomic mass is 9.86. The van der Waals surface area contributed by atoms with E-state index < -0.39 is 0 Å². The van der Waals surface area contributed by atoms with E-state index in [0.29, 0.717) is 12.0 Å². The van der Waals surface area contributed by atoms with E-state index in [-0.39, 0.29) is 5.28 Å². The summed E-state index contributed by atoms with van der Waals surface area (Å²) in [4.78, 5) is 4.08. The Bertz CT molecular complexity index is 331. The van der Waals surface area contributed by atoms with Crippen LogP contribution in [0.3, 0.4) is 0 Å². The third-order valence-electron chi connectivity index (χ3n) is 2.98. The lowest BCUT2D eigenvalue weighted by molar-refractivity contribution is 0.349. The molecule has 1 aromatic rings. The Hall–Kier alpha value is -0.900. The average Bonchev–Trinajstić information content (AvgIpc) is 2.22. The van der Waals surface area contributed by atoms with Crippen molar-refractivity contribution in [1.29, 1.82) is 0 Å². The van der Waals surface area contributed by atoms with E-state index >= 15 is 0 Å². The van der Waals surface area contributed by atoms with Gasteiger partial charge in [-0.1, -0.05) is 19.8 Å². The first-order valence-corrected chi connectivity index (χ1v) is 5.75. The largest absolute Gasteiger partial charge is 0.366 e. The quantitative estimate of drug-likeness (QED) is 0.842.